The van der Waals surface area contributed by atoms with Crippen molar-refractivity contribution in [3.8, 4) is 0 Å². The lowest BCUT2D eigenvalue weighted by atomic mass is 9.95. The smallest absolute Gasteiger partial charge is 0.256 e. The van der Waals surface area contributed by atoms with Gasteiger partial charge in [0.05, 0.1) is 6.61 Å². The van der Waals surface area contributed by atoms with E-state index in [4.69, 9.17) is 4.74 Å². The summed E-state index contributed by atoms with van der Waals surface area (Å²) >= 11 is 0. The van der Waals surface area contributed by atoms with Crippen molar-refractivity contribution >= 4 is 17.7 Å². The summed E-state index contributed by atoms with van der Waals surface area (Å²) in [7, 11) is 3.88. The van der Waals surface area contributed by atoms with E-state index in [1.807, 2.05) is 73.3 Å². The molecule has 0 aliphatic carbocycles. The monoisotopic (exact) mass is 478 g/mol. The molecule has 4 rings (SSSR count). The maximum atomic E-state index is 13.7. The minimum Gasteiger partial charge on any atom is -0.353 e. The van der Waals surface area contributed by atoms with Gasteiger partial charge in [-0.3, -0.25) is 19.3 Å². The summed E-state index contributed by atoms with van der Waals surface area (Å²) in [5.74, 6) is -0.462. The van der Waals surface area contributed by atoms with Crippen LogP contribution in [-0.2, 0) is 9.53 Å². The molecular weight excluding hydrogens is 444 g/mol. The van der Waals surface area contributed by atoms with E-state index in [0.717, 1.165) is 5.56 Å². The minimum atomic E-state index is -0.918. The SMILES string of the molecule is Cc1ccccc1C(=O)N1CCC2(CC1)OC[C@@H](C(=O)NCCN(C)C)N2C(=O)c1ccccc1. The molecule has 1 spiro atoms. The molecule has 0 unspecified atom stereocenters. The summed E-state index contributed by atoms with van der Waals surface area (Å²) in [5.41, 5.74) is 1.22. The van der Waals surface area contributed by atoms with Crippen LogP contribution < -0.4 is 5.32 Å². The van der Waals surface area contributed by atoms with Crippen molar-refractivity contribution in [2.75, 3.05) is 46.9 Å². The minimum absolute atomic E-state index is 0.0186. The van der Waals surface area contributed by atoms with E-state index in [-0.39, 0.29) is 24.3 Å². The number of nitrogens with one attached hydrogen (secondary N) is 1. The van der Waals surface area contributed by atoms with Gasteiger partial charge in [-0.15, -0.1) is 0 Å². The Balaban J connectivity index is 1.54. The van der Waals surface area contributed by atoms with Gasteiger partial charge in [-0.05, 0) is 44.8 Å². The fourth-order valence-corrected chi connectivity index (χ4v) is 4.85. The molecule has 2 heterocycles. The number of carbonyl (C=O) groups excluding carboxylic acids is 3. The van der Waals surface area contributed by atoms with Crippen LogP contribution in [0.4, 0.5) is 0 Å². The zero-order valence-corrected chi connectivity index (χ0v) is 20.7. The number of aryl methyl sites for hydroxylation is 1. The third-order valence-electron chi connectivity index (χ3n) is 6.87. The van der Waals surface area contributed by atoms with Crippen molar-refractivity contribution in [3.63, 3.8) is 0 Å². The van der Waals surface area contributed by atoms with Gasteiger partial charge in [0.25, 0.3) is 11.8 Å². The third kappa shape index (κ3) is 5.23. The van der Waals surface area contributed by atoms with E-state index in [1.165, 1.54) is 0 Å². The van der Waals surface area contributed by atoms with Crippen molar-refractivity contribution in [2.24, 2.45) is 0 Å². The second kappa shape index (κ2) is 10.6. The van der Waals surface area contributed by atoms with E-state index in [0.29, 0.717) is 50.1 Å². The van der Waals surface area contributed by atoms with Crippen LogP contribution in [0.1, 0.15) is 39.1 Å². The predicted octanol–water partition coefficient (Wildman–Crippen LogP) is 2.15. The van der Waals surface area contributed by atoms with E-state index >= 15 is 0 Å². The molecule has 0 saturated carbocycles. The number of carbonyl (C=O) groups is 3. The number of nitrogens with zero attached hydrogens (tertiary/aromatic N) is 3. The fraction of sp³-hybridized carbons (Fsp3) is 0.444. The van der Waals surface area contributed by atoms with Crippen molar-refractivity contribution in [3.05, 3.63) is 71.3 Å². The largest absolute Gasteiger partial charge is 0.353 e. The zero-order valence-electron chi connectivity index (χ0n) is 20.7. The normalized spacial score (nSPS) is 19.3. The molecule has 8 nitrogen and oxygen atoms in total. The number of amides is 3. The number of ether oxygens (including phenoxy) is 1. The van der Waals surface area contributed by atoms with E-state index < -0.39 is 11.8 Å². The second-order valence-electron chi connectivity index (χ2n) is 9.52. The van der Waals surface area contributed by atoms with Gasteiger partial charge in [-0.2, -0.15) is 0 Å². The van der Waals surface area contributed by atoms with Crippen LogP contribution in [0.15, 0.2) is 54.6 Å². The van der Waals surface area contributed by atoms with Gasteiger partial charge in [0, 0.05) is 50.1 Å². The van der Waals surface area contributed by atoms with Gasteiger partial charge in [-0.1, -0.05) is 36.4 Å². The Bertz CT molecular complexity index is 1060. The van der Waals surface area contributed by atoms with E-state index in [2.05, 4.69) is 5.32 Å². The number of likely N-dealkylation sites (N-methyl/N-ethyl adjacent to an activating group) is 1. The molecular formula is C27H34N4O4. The summed E-state index contributed by atoms with van der Waals surface area (Å²) in [6.07, 6.45) is 0.898. The molecule has 2 fully saturated rings. The standard InChI is InChI=1S/C27H34N4O4/c1-20-9-7-8-12-22(20)26(34)30-16-13-27(14-17-30)31(25(33)21-10-5-4-6-11-21)23(19-35-27)24(32)28-15-18-29(2)3/h4-12,23H,13-19H2,1-3H3,(H,28,32)/t23-/m0/s1. The molecule has 35 heavy (non-hydrogen) atoms. The van der Waals surface area contributed by atoms with Crippen molar-refractivity contribution in [2.45, 2.75) is 31.5 Å². The van der Waals surface area contributed by atoms with Crippen molar-refractivity contribution < 1.29 is 19.1 Å². The van der Waals surface area contributed by atoms with Gasteiger partial charge in [0.2, 0.25) is 5.91 Å². The molecule has 3 amide bonds. The number of benzene rings is 2. The van der Waals surface area contributed by atoms with E-state index in [9.17, 15) is 14.4 Å². The summed E-state index contributed by atoms with van der Waals surface area (Å²) < 4.78 is 6.25. The van der Waals surface area contributed by atoms with Crippen molar-refractivity contribution in [1.82, 2.24) is 20.0 Å². The average Bonchev–Trinajstić information content (AvgIpc) is 3.22. The maximum Gasteiger partial charge on any atom is 0.256 e. The van der Waals surface area contributed by atoms with Crippen molar-refractivity contribution in [1.29, 1.82) is 0 Å². The molecule has 2 saturated heterocycles. The molecule has 1 atom stereocenters. The molecule has 2 aromatic carbocycles. The first kappa shape index (κ1) is 24.9. The summed E-state index contributed by atoms with van der Waals surface area (Å²) in [6, 6.07) is 15.8. The van der Waals surface area contributed by atoms with Crippen LogP contribution in [0.25, 0.3) is 0 Å². The Morgan fingerprint density at radius 3 is 2.31 bits per heavy atom. The van der Waals surface area contributed by atoms with Crippen LogP contribution in [0, 0.1) is 6.92 Å². The molecule has 8 heteroatoms. The zero-order chi connectivity index (χ0) is 25.0. The van der Waals surface area contributed by atoms with Gasteiger partial charge >= 0.3 is 0 Å². The highest BCUT2D eigenvalue weighted by Gasteiger charge is 2.54. The predicted molar refractivity (Wildman–Crippen MR) is 133 cm³/mol. The van der Waals surface area contributed by atoms with Crippen LogP contribution in [0.2, 0.25) is 0 Å². The highest BCUT2D eigenvalue weighted by atomic mass is 16.5. The van der Waals surface area contributed by atoms with Gasteiger partial charge in [0.1, 0.15) is 11.8 Å². The summed E-state index contributed by atoms with van der Waals surface area (Å²) in [5, 5.41) is 2.95. The molecule has 0 aromatic heterocycles. The summed E-state index contributed by atoms with van der Waals surface area (Å²) in [6.45, 7) is 4.15. The molecule has 2 aliphatic rings. The van der Waals surface area contributed by atoms with Crippen LogP contribution in [-0.4, -0.2) is 91.1 Å². The molecule has 186 valence electrons. The molecule has 0 bridgehead atoms. The lowest BCUT2D eigenvalue weighted by molar-refractivity contribution is -0.128. The Hall–Kier alpha value is -3.23. The number of hydrogen-bond acceptors (Lipinski definition) is 5. The Kier molecular flexibility index (Phi) is 7.52. The lowest BCUT2D eigenvalue weighted by Gasteiger charge is -2.44. The highest BCUT2D eigenvalue weighted by Crippen LogP contribution is 2.39. The Morgan fingerprint density at radius 1 is 1.00 bits per heavy atom. The number of likely N-dealkylation sites (tertiary alicyclic amines) is 1. The Morgan fingerprint density at radius 2 is 1.66 bits per heavy atom. The fourth-order valence-electron chi connectivity index (χ4n) is 4.85. The average molecular weight is 479 g/mol. The highest BCUT2D eigenvalue weighted by molar-refractivity contribution is 5.98. The van der Waals surface area contributed by atoms with E-state index in [1.54, 1.807) is 17.0 Å². The molecule has 2 aliphatic heterocycles. The second-order valence-corrected chi connectivity index (χ2v) is 9.52. The van der Waals surface area contributed by atoms with Crippen LogP contribution >= 0.6 is 0 Å². The van der Waals surface area contributed by atoms with Gasteiger partial charge in [-0.25, -0.2) is 0 Å². The third-order valence-corrected chi connectivity index (χ3v) is 6.87. The first-order valence-electron chi connectivity index (χ1n) is 12.1. The summed E-state index contributed by atoms with van der Waals surface area (Å²) in [4.78, 5) is 45.4. The maximum absolute atomic E-state index is 13.7. The topological polar surface area (TPSA) is 82.2 Å². The van der Waals surface area contributed by atoms with Crippen LogP contribution in [0.3, 0.4) is 0 Å². The van der Waals surface area contributed by atoms with Crippen LogP contribution in [0.5, 0.6) is 0 Å². The molecule has 0 radical (unpaired) electrons. The molecule has 1 N–H and O–H groups in total. The number of hydrogen-bond donors (Lipinski definition) is 1. The lowest BCUT2D eigenvalue weighted by Crippen LogP contribution is -2.60. The van der Waals surface area contributed by atoms with Gasteiger partial charge < -0.3 is 19.9 Å². The first-order chi connectivity index (χ1) is 16.8. The quantitative estimate of drug-likeness (QED) is 0.688. The van der Waals surface area contributed by atoms with Gasteiger partial charge in [0.15, 0.2) is 0 Å². The molecule has 2 aromatic rings. The Labute approximate surface area is 206 Å². The first-order valence-corrected chi connectivity index (χ1v) is 12.1. The number of rotatable bonds is 6. The number of piperidine rings is 1.